The van der Waals surface area contributed by atoms with Gasteiger partial charge in [-0.3, -0.25) is 4.79 Å². The van der Waals surface area contributed by atoms with Crippen LogP contribution in [0, 0.1) is 5.92 Å². The standard InChI is InChI=1S/C23H24Cl2N4O3/c1-13(2)21(23(31)32-3)29-22-15-6-4-5-7-18(15)27-19(28-22)12-26-20(30)11-14-8-9-16(24)17(25)10-14/h4-10,13,21H,11-12H2,1-3H3,(H,26,30)(H,27,28,29)/t21-/m0/s1. The van der Waals surface area contributed by atoms with E-state index in [2.05, 4.69) is 20.6 Å². The van der Waals surface area contributed by atoms with Crippen LogP contribution in [-0.4, -0.2) is 35.0 Å². The van der Waals surface area contributed by atoms with Crippen molar-refractivity contribution in [1.29, 1.82) is 0 Å². The maximum Gasteiger partial charge on any atom is 0.328 e. The molecule has 1 heterocycles. The van der Waals surface area contributed by atoms with Crippen molar-refractivity contribution >= 4 is 51.8 Å². The fourth-order valence-corrected chi connectivity index (χ4v) is 3.48. The third-order valence-electron chi connectivity index (χ3n) is 4.86. The summed E-state index contributed by atoms with van der Waals surface area (Å²) in [7, 11) is 1.35. The number of fused-ring (bicyclic) bond motifs is 1. The van der Waals surface area contributed by atoms with E-state index in [4.69, 9.17) is 27.9 Å². The Hall–Kier alpha value is -2.90. The molecular weight excluding hydrogens is 451 g/mol. The minimum absolute atomic E-state index is 0.0227. The fraction of sp³-hybridized carbons (Fsp3) is 0.304. The van der Waals surface area contributed by atoms with Gasteiger partial charge in [-0.05, 0) is 35.7 Å². The molecule has 0 aliphatic heterocycles. The van der Waals surface area contributed by atoms with Crippen molar-refractivity contribution < 1.29 is 14.3 Å². The third-order valence-corrected chi connectivity index (χ3v) is 5.59. The summed E-state index contributed by atoms with van der Waals surface area (Å²) in [5.74, 6) is 0.323. The molecule has 1 atom stereocenters. The van der Waals surface area contributed by atoms with Crippen LogP contribution in [0.1, 0.15) is 25.2 Å². The van der Waals surface area contributed by atoms with E-state index in [9.17, 15) is 9.59 Å². The van der Waals surface area contributed by atoms with Crippen LogP contribution in [0.2, 0.25) is 10.0 Å². The number of anilines is 1. The number of benzene rings is 2. The maximum absolute atomic E-state index is 12.4. The lowest BCUT2D eigenvalue weighted by Gasteiger charge is -2.21. The Balaban J connectivity index is 1.78. The smallest absolute Gasteiger partial charge is 0.328 e. The van der Waals surface area contributed by atoms with Crippen LogP contribution in [-0.2, 0) is 27.3 Å². The number of nitrogens with one attached hydrogen (secondary N) is 2. The SMILES string of the molecule is COC(=O)[C@@H](Nc1nc(CNC(=O)Cc2ccc(Cl)c(Cl)c2)nc2ccccc12)C(C)C. The van der Waals surface area contributed by atoms with Crippen LogP contribution in [0.15, 0.2) is 42.5 Å². The molecule has 32 heavy (non-hydrogen) atoms. The Kier molecular flexibility index (Phi) is 7.88. The van der Waals surface area contributed by atoms with Crippen LogP contribution in [0.4, 0.5) is 5.82 Å². The first kappa shape index (κ1) is 23.8. The van der Waals surface area contributed by atoms with E-state index in [0.29, 0.717) is 27.2 Å². The van der Waals surface area contributed by atoms with Crippen LogP contribution >= 0.6 is 23.2 Å². The molecule has 2 aromatic carbocycles. The number of hydrogen-bond acceptors (Lipinski definition) is 6. The molecule has 0 fully saturated rings. The molecule has 0 radical (unpaired) electrons. The van der Waals surface area contributed by atoms with Crippen molar-refractivity contribution in [2.45, 2.75) is 32.9 Å². The molecule has 0 unspecified atom stereocenters. The predicted molar refractivity (Wildman–Crippen MR) is 126 cm³/mol. The van der Waals surface area contributed by atoms with Crippen LogP contribution in [0.25, 0.3) is 10.9 Å². The van der Waals surface area contributed by atoms with Crippen molar-refractivity contribution in [2.75, 3.05) is 12.4 Å². The molecule has 7 nitrogen and oxygen atoms in total. The van der Waals surface area contributed by atoms with Gasteiger partial charge >= 0.3 is 5.97 Å². The Labute approximate surface area is 196 Å². The minimum Gasteiger partial charge on any atom is -0.467 e. The zero-order valence-corrected chi connectivity index (χ0v) is 19.5. The fourth-order valence-electron chi connectivity index (χ4n) is 3.16. The summed E-state index contributed by atoms with van der Waals surface area (Å²) in [5.41, 5.74) is 1.45. The first-order valence-electron chi connectivity index (χ1n) is 10.1. The maximum atomic E-state index is 12.4. The summed E-state index contributed by atoms with van der Waals surface area (Å²) in [5, 5.41) is 7.62. The van der Waals surface area contributed by atoms with Gasteiger partial charge in [-0.15, -0.1) is 0 Å². The number of esters is 1. The van der Waals surface area contributed by atoms with Gasteiger partial charge in [0.15, 0.2) is 5.82 Å². The van der Waals surface area contributed by atoms with E-state index in [1.165, 1.54) is 7.11 Å². The van der Waals surface area contributed by atoms with E-state index in [0.717, 1.165) is 10.9 Å². The molecule has 0 spiro atoms. The molecule has 0 bridgehead atoms. The number of methoxy groups -OCH3 is 1. The second-order valence-corrected chi connectivity index (χ2v) is 8.41. The van der Waals surface area contributed by atoms with E-state index < -0.39 is 6.04 Å². The van der Waals surface area contributed by atoms with Gasteiger partial charge in [0.05, 0.1) is 35.6 Å². The van der Waals surface area contributed by atoms with E-state index in [-0.39, 0.29) is 30.8 Å². The molecule has 2 N–H and O–H groups in total. The Morgan fingerprint density at radius 1 is 1.06 bits per heavy atom. The monoisotopic (exact) mass is 474 g/mol. The lowest BCUT2D eigenvalue weighted by Crippen LogP contribution is -2.36. The molecule has 168 valence electrons. The Bertz CT molecular complexity index is 1140. The van der Waals surface area contributed by atoms with Gasteiger partial charge in [0.2, 0.25) is 5.91 Å². The highest BCUT2D eigenvalue weighted by Gasteiger charge is 2.24. The minimum atomic E-state index is -0.574. The summed E-state index contributed by atoms with van der Waals surface area (Å²) in [6, 6.07) is 12.0. The van der Waals surface area contributed by atoms with Gasteiger partial charge < -0.3 is 15.4 Å². The number of halogens is 2. The Morgan fingerprint density at radius 3 is 2.50 bits per heavy atom. The molecule has 0 aliphatic rings. The lowest BCUT2D eigenvalue weighted by atomic mass is 10.0. The normalized spacial score (nSPS) is 11.9. The molecule has 1 amide bonds. The van der Waals surface area contributed by atoms with Crippen LogP contribution < -0.4 is 10.6 Å². The quantitative estimate of drug-likeness (QED) is 0.469. The first-order chi connectivity index (χ1) is 15.3. The second-order valence-electron chi connectivity index (χ2n) is 7.60. The largest absolute Gasteiger partial charge is 0.467 e. The molecule has 3 rings (SSSR count). The lowest BCUT2D eigenvalue weighted by molar-refractivity contribution is -0.142. The van der Waals surface area contributed by atoms with Crippen molar-refractivity contribution in [3.63, 3.8) is 0 Å². The number of amides is 1. The van der Waals surface area contributed by atoms with Gasteiger partial charge in [0, 0.05) is 5.39 Å². The molecular formula is C23H24Cl2N4O3. The van der Waals surface area contributed by atoms with Crippen molar-refractivity contribution in [2.24, 2.45) is 5.92 Å². The summed E-state index contributed by atoms with van der Waals surface area (Å²) in [6.45, 7) is 3.97. The van der Waals surface area contributed by atoms with Crippen molar-refractivity contribution in [3.05, 3.63) is 63.9 Å². The Morgan fingerprint density at radius 2 is 1.81 bits per heavy atom. The van der Waals surface area contributed by atoms with Crippen LogP contribution in [0.3, 0.4) is 0 Å². The van der Waals surface area contributed by atoms with E-state index in [1.807, 2.05) is 38.1 Å². The van der Waals surface area contributed by atoms with Gasteiger partial charge in [-0.1, -0.05) is 55.2 Å². The summed E-state index contributed by atoms with van der Waals surface area (Å²) in [4.78, 5) is 33.7. The zero-order valence-electron chi connectivity index (χ0n) is 18.0. The topological polar surface area (TPSA) is 93.2 Å². The predicted octanol–water partition coefficient (Wildman–Crippen LogP) is 4.41. The third kappa shape index (κ3) is 5.87. The summed E-state index contributed by atoms with van der Waals surface area (Å²) < 4.78 is 4.92. The van der Waals surface area contributed by atoms with Gasteiger partial charge in [-0.2, -0.15) is 0 Å². The van der Waals surface area contributed by atoms with Crippen molar-refractivity contribution in [1.82, 2.24) is 15.3 Å². The number of hydrogen-bond donors (Lipinski definition) is 2. The first-order valence-corrected chi connectivity index (χ1v) is 10.8. The van der Waals surface area contributed by atoms with Gasteiger partial charge in [0.1, 0.15) is 11.9 Å². The molecule has 0 aliphatic carbocycles. The van der Waals surface area contributed by atoms with Crippen LogP contribution in [0.5, 0.6) is 0 Å². The summed E-state index contributed by atoms with van der Waals surface area (Å²) in [6.07, 6.45) is 0.146. The molecule has 0 saturated heterocycles. The van der Waals surface area contributed by atoms with E-state index >= 15 is 0 Å². The molecule has 0 saturated carbocycles. The number of aromatic nitrogens is 2. The second kappa shape index (κ2) is 10.6. The molecule has 3 aromatic rings. The molecule has 9 heteroatoms. The average molecular weight is 475 g/mol. The van der Waals surface area contributed by atoms with E-state index in [1.54, 1.807) is 18.2 Å². The number of ether oxygens (including phenoxy) is 1. The number of para-hydroxylation sites is 1. The highest BCUT2D eigenvalue weighted by molar-refractivity contribution is 6.42. The molecule has 1 aromatic heterocycles. The number of nitrogens with zero attached hydrogens (tertiary/aromatic N) is 2. The average Bonchev–Trinajstić information content (AvgIpc) is 2.77. The number of rotatable bonds is 8. The number of carbonyl (C=O) groups is 2. The van der Waals surface area contributed by atoms with Gasteiger partial charge in [-0.25, -0.2) is 14.8 Å². The number of carbonyl (C=O) groups excluding carboxylic acids is 2. The van der Waals surface area contributed by atoms with Gasteiger partial charge in [0.25, 0.3) is 0 Å². The van der Waals surface area contributed by atoms with Crippen molar-refractivity contribution in [3.8, 4) is 0 Å². The summed E-state index contributed by atoms with van der Waals surface area (Å²) >= 11 is 11.9. The zero-order chi connectivity index (χ0) is 23.3. The highest BCUT2D eigenvalue weighted by atomic mass is 35.5. The highest BCUT2D eigenvalue weighted by Crippen LogP contribution is 2.24.